The molecule has 2 unspecified atom stereocenters. The van der Waals surface area contributed by atoms with Gasteiger partial charge >= 0.3 is 0 Å². The van der Waals surface area contributed by atoms with Crippen molar-refractivity contribution in [2.75, 3.05) is 0 Å². The van der Waals surface area contributed by atoms with Crippen LogP contribution in [0.2, 0.25) is 0 Å². The van der Waals surface area contributed by atoms with E-state index in [0.717, 1.165) is 24.7 Å². The van der Waals surface area contributed by atoms with Crippen molar-refractivity contribution in [2.45, 2.75) is 32.6 Å². The molecule has 2 aliphatic carbocycles. The van der Waals surface area contributed by atoms with Crippen LogP contribution in [0, 0.1) is 11.8 Å². The summed E-state index contributed by atoms with van der Waals surface area (Å²) in [5.41, 5.74) is 1.46. The fourth-order valence-corrected chi connectivity index (χ4v) is 2.10. The molecule has 2 aliphatic rings. The third-order valence-corrected chi connectivity index (χ3v) is 2.99. The van der Waals surface area contributed by atoms with E-state index in [1.54, 1.807) is 0 Å². The van der Waals surface area contributed by atoms with Gasteiger partial charge in [0.15, 0.2) is 0 Å². The molecule has 0 nitrogen and oxygen atoms in total. The summed E-state index contributed by atoms with van der Waals surface area (Å²) in [5.74, 6) is 1.63. The molecule has 1 saturated carbocycles. The van der Waals surface area contributed by atoms with Gasteiger partial charge in [-0.2, -0.15) is 0 Å². The zero-order valence-electron chi connectivity index (χ0n) is 9.78. The maximum atomic E-state index is 3.99. The lowest BCUT2D eigenvalue weighted by Crippen LogP contribution is -1.88. The van der Waals surface area contributed by atoms with Gasteiger partial charge in [0, 0.05) is 0 Å². The molecule has 0 aromatic heterocycles. The van der Waals surface area contributed by atoms with Gasteiger partial charge in [-0.3, -0.25) is 0 Å². The van der Waals surface area contributed by atoms with Crippen LogP contribution in [0.15, 0.2) is 49.1 Å². The minimum Gasteiger partial charge on any atom is -0.103 e. The second-order valence-corrected chi connectivity index (χ2v) is 4.28. The molecule has 0 saturated heterocycles. The highest BCUT2D eigenvalue weighted by atomic mass is 14.3. The number of hydrogen-bond donors (Lipinski definition) is 0. The number of allylic oxidation sites excluding steroid dienone is 6. The molecule has 15 heavy (non-hydrogen) atoms. The van der Waals surface area contributed by atoms with Crippen LogP contribution in [0.25, 0.3) is 0 Å². The zero-order chi connectivity index (χ0) is 11.1. The van der Waals surface area contributed by atoms with Gasteiger partial charge in [-0.05, 0) is 44.4 Å². The van der Waals surface area contributed by atoms with E-state index in [1.807, 2.05) is 13.0 Å². The first-order chi connectivity index (χ1) is 7.27. The van der Waals surface area contributed by atoms with Gasteiger partial charge in [0.1, 0.15) is 0 Å². The normalized spacial score (nSPS) is 26.9. The summed E-state index contributed by atoms with van der Waals surface area (Å²) in [7, 11) is 0. The Balaban J connectivity index is 0.000000153. The molecule has 82 valence electrons. The molecule has 0 heterocycles. The molecule has 0 aromatic carbocycles. The number of unbranched alkanes of at least 4 members (excludes halogenated alkanes) is 1. The average Bonchev–Trinajstić information content (AvgIpc) is 2.81. The summed E-state index contributed by atoms with van der Waals surface area (Å²) in [6.45, 7) is 9.62. The van der Waals surface area contributed by atoms with Crippen LogP contribution in [0.1, 0.15) is 32.6 Å². The van der Waals surface area contributed by atoms with Crippen LogP contribution in [0.3, 0.4) is 0 Å². The summed E-state index contributed by atoms with van der Waals surface area (Å²) in [4.78, 5) is 0. The quantitative estimate of drug-likeness (QED) is 0.461. The Bertz CT molecular complexity index is 268. The fourth-order valence-electron chi connectivity index (χ4n) is 2.10. The first-order valence-corrected chi connectivity index (χ1v) is 5.86. The molecule has 2 rings (SSSR count). The van der Waals surface area contributed by atoms with Gasteiger partial charge < -0.3 is 0 Å². The van der Waals surface area contributed by atoms with Crippen molar-refractivity contribution in [2.24, 2.45) is 11.8 Å². The molecule has 0 amide bonds. The molecule has 0 radical (unpaired) electrons. The molecule has 2 atom stereocenters. The first kappa shape index (κ1) is 12.0. The van der Waals surface area contributed by atoms with E-state index in [9.17, 15) is 0 Å². The third kappa shape index (κ3) is 3.91. The van der Waals surface area contributed by atoms with E-state index in [2.05, 4.69) is 37.5 Å². The second kappa shape index (κ2) is 6.44. The molecule has 0 spiro atoms. The molecule has 0 aliphatic heterocycles. The Morgan fingerprint density at radius 1 is 1.40 bits per heavy atom. The zero-order valence-corrected chi connectivity index (χ0v) is 9.78. The van der Waals surface area contributed by atoms with Crippen LogP contribution in [0.5, 0.6) is 0 Å². The largest absolute Gasteiger partial charge is 0.103 e. The maximum absolute atomic E-state index is 3.99. The highest BCUT2D eigenvalue weighted by Crippen LogP contribution is 2.41. The molecular weight excluding hydrogens is 180 g/mol. The molecular formula is C15H22. The molecule has 0 aromatic rings. The Morgan fingerprint density at radius 2 is 2.20 bits per heavy atom. The summed E-state index contributed by atoms with van der Waals surface area (Å²) in [5, 5.41) is 0. The summed E-state index contributed by atoms with van der Waals surface area (Å²) >= 11 is 0. The average molecular weight is 202 g/mol. The number of hydrogen-bond acceptors (Lipinski definition) is 0. The van der Waals surface area contributed by atoms with E-state index in [4.69, 9.17) is 0 Å². The predicted octanol–water partition coefficient (Wildman–Crippen LogP) is 4.67. The van der Waals surface area contributed by atoms with Gasteiger partial charge in [-0.1, -0.05) is 42.5 Å². The molecule has 2 bridgehead atoms. The molecule has 1 fully saturated rings. The van der Waals surface area contributed by atoms with Crippen molar-refractivity contribution in [3.8, 4) is 0 Å². The monoisotopic (exact) mass is 202 g/mol. The SMILES string of the molecule is C=C1CC2C=CC1C2.C=CCC/C=C/C. The Kier molecular flexibility index (Phi) is 5.17. The van der Waals surface area contributed by atoms with Crippen molar-refractivity contribution < 1.29 is 0 Å². The lowest BCUT2D eigenvalue weighted by molar-refractivity contribution is 0.693. The van der Waals surface area contributed by atoms with Crippen molar-refractivity contribution >= 4 is 0 Å². The maximum Gasteiger partial charge on any atom is -0.00199 e. The molecule has 0 heteroatoms. The first-order valence-electron chi connectivity index (χ1n) is 5.86. The summed E-state index contributed by atoms with van der Waals surface area (Å²) in [6, 6.07) is 0. The second-order valence-electron chi connectivity index (χ2n) is 4.28. The predicted molar refractivity (Wildman–Crippen MR) is 68.7 cm³/mol. The molecule has 0 N–H and O–H groups in total. The van der Waals surface area contributed by atoms with E-state index < -0.39 is 0 Å². The Hall–Kier alpha value is -1.04. The van der Waals surface area contributed by atoms with Crippen LogP contribution in [0.4, 0.5) is 0 Å². The van der Waals surface area contributed by atoms with E-state index in [-0.39, 0.29) is 0 Å². The Morgan fingerprint density at radius 3 is 2.53 bits per heavy atom. The lowest BCUT2D eigenvalue weighted by atomic mass is 10.0. The standard InChI is InChI=1S/C8H10.C7H12/c1-6-4-7-2-3-8(6)5-7;1-3-5-7-6-4-2/h2-3,7-8H,1,4-5H2;3-4,6H,1,5,7H2,2H3/b;6-4+. The number of rotatable bonds is 3. The lowest BCUT2D eigenvalue weighted by Gasteiger charge is -2.02. The van der Waals surface area contributed by atoms with Gasteiger partial charge in [-0.15, -0.1) is 6.58 Å². The van der Waals surface area contributed by atoms with Crippen LogP contribution >= 0.6 is 0 Å². The van der Waals surface area contributed by atoms with Crippen molar-refractivity contribution in [1.82, 2.24) is 0 Å². The topological polar surface area (TPSA) is 0 Å². The minimum absolute atomic E-state index is 0.764. The number of fused-ring (bicyclic) bond motifs is 2. The van der Waals surface area contributed by atoms with Gasteiger partial charge in [0.25, 0.3) is 0 Å². The van der Waals surface area contributed by atoms with Gasteiger partial charge in [0.2, 0.25) is 0 Å². The van der Waals surface area contributed by atoms with E-state index in [0.29, 0.717) is 0 Å². The van der Waals surface area contributed by atoms with E-state index in [1.165, 1.54) is 18.4 Å². The van der Waals surface area contributed by atoms with Crippen LogP contribution < -0.4 is 0 Å². The highest BCUT2D eigenvalue weighted by Gasteiger charge is 2.28. The summed E-state index contributed by atoms with van der Waals surface area (Å²) < 4.78 is 0. The highest BCUT2D eigenvalue weighted by molar-refractivity contribution is 5.24. The van der Waals surface area contributed by atoms with Crippen LogP contribution in [-0.4, -0.2) is 0 Å². The summed E-state index contributed by atoms with van der Waals surface area (Å²) in [6.07, 6.45) is 15.6. The van der Waals surface area contributed by atoms with Crippen LogP contribution in [-0.2, 0) is 0 Å². The minimum atomic E-state index is 0.764. The fraction of sp³-hybridized carbons (Fsp3) is 0.467. The van der Waals surface area contributed by atoms with Gasteiger partial charge in [0.05, 0.1) is 0 Å². The smallest absolute Gasteiger partial charge is 0.00199 e. The van der Waals surface area contributed by atoms with Crippen molar-refractivity contribution in [3.05, 3.63) is 49.1 Å². The van der Waals surface area contributed by atoms with E-state index >= 15 is 0 Å². The van der Waals surface area contributed by atoms with Crippen molar-refractivity contribution in [1.29, 1.82) is 0 Å². The third-order valence-electron chi connectivity index (χ3n) is 2.99. The van der Waals surface area contributed by atoms with Gasteiger partial charge in [-0.25, -0.2) is 0 Å². The van der Waals surface area contributed by atoms with Crippen molar-refractivity contribution in [3.63, 3.8) is 0 Å². The Labute approximate surface area is 94.1 Å².